The molecule has 19 heavy (non-hydrogen) atoms. The van der Waals surface area contributed by atoms with Crippen molar-refractivity contribution in [3.8, 4) is 0 Å². The van der Waals surface area contributed by atoms with E-state index in [4.69, 9.17) is 9.52 Å². The van der Waals surface area contributed by atoms with E-state index in [1.807, 2.05) is 6.92 Å². The molecule has 2 aromatic heterocycles. The number of carbonyl (C=O) groups excluding carboxylic acids is 1. The topological polar surface area (TPSA) is 105 Å². The van der Waals surface area contributed by atoms with Gasteiger partial charge >= 0.3 is 5.97 Å². The van der Waals surface area contributed by atoms with Gasteiger partial charge in [-0.05, 0) is 30.1 Å². The molecule has 0 unspecified atom stereocenters. The number of nitrogens with zero attached hydrogens (tertiary/aromatic N) is 2. The van der Waals surface area contributed by atoms with Gasteiger partial charge in [-0.2, -0.15) is 0 Å². The molecule has 0 atom stereocenters. The van der Waals surface area contributed by atoms with Gasteiger partial charge in [-0.25, -0.2) is 4.79 Å². The van der Waals surface area contributed by atoms with E-state index in [-0.39, 0.29) is 18.2 Å². The van der Waals surface area contributed by atoms with Crippen molar-refractivity contribution in [2.45, 2.75) is 19.9 Å². The first-order valence-electron chi connectivity index (χ1n) is 5.53. The molecule has 0 aliphatic rings. The molecule has 1 amide bonds. The number of hydrogen-bond acceptors (Lipinski definition) is 6. The molecule has 8 heteroatoms. The minimum absolute atomic E-state index is 0.118. The first-order chi connectivity index (χ1) is 9.11. The van der Waals surface area contributed by atoms with E-state index >= 15 is 0 Å². The lowest BCUT2D eigenvalue weighted by atomic mass is 10.3. The Bertz CT molecular complexity index is 605. The molecule has 0 aliphatic carbocycles. The Morgan fingerprint density at radius 1 is 1.47 bits per heavy atom. The molecule has 2 aromatic rings. The standard InChI is InChI=1S/C11H11N3O4S/c1-2-7-9(19-14-13-7)10(15)12-5-6-3-4-8(18-6)11(16)17/h3-4H,2,5H2,1H3,(H,12,15)(H,16,17). The lowest BCUT2D eigenvalue weighted by Gasteiger charge is -2.01. The molecular formula is C11H11N3O4S. The normalized spacial score (nSPS) is 10.4. The SMILES string of the molecule is CCc1nnsc1C(=O)NCc1ccc(C(=O)O)o1. The minimum Gasteiger partial charge on any atom is -0.475 e. The highest BCUT2D eigenvalue weighted by molar-refractivity contribution is 7.08. The van der Waals surface area contributed by atoms with E-state index in [1.54, 1.807) is 0 Å². The second-order valence-electron chi connectivity index (χ2n) is 3.66. The summed E-state index contributed by atoms with van der Waals surface area (Å²) in [6.07, 6.45) is 0.628. The van der Waals surface area contributed by atoms with Gasteiger partial charge in [0.25, 0.3) is 5.91 Å². The van der Waals surface area contributed by atoms with Crippen molar-refractivity contribution in [2.75, 3.05) is 0 Å². The van der Waals surface area contributed by atoms with Crippen LogP contribution in [-0.2, 0) is 13.0 Å². The fourth-order valence-corrected chi connectivity index (χ4v) is 2.11. The molecule has 0 saturated carbocycles. The highest BCUT2D eigenvalue weighted by Gasteiger charge is 2.15. The number of rotatable bonds is 5. The van der Waals surface area contributed by atoms with Crippen LogP contribution in [0.25, 0.3) is 0 Å². The minimum atomic E-state index is -1.14. The number of amides is 1. The molecule has 2 heterocycles. The van der Waals surface area contributed by atoms with Crippen molar-refractivity contribution < 1.29 is 19.1 Å². The molecular weight excluding hydrogens is 270 g/mol. The molecule has 0 aromatic carbocycles. The third-order valence-corrected chi connectivity index (χ3v) is 3.16. The summed E-state index contributed by atoms with van der Waals surface area (Å²) in [5.74, 6) is -1.21. The molecule has 2 rings (SSSR count). The lowest BCUT2D eigenvalue weighted by Crippen LogP contribution is -2.22. The summed E-state index contributed by atoms with van der Waals surface area (Å²) in [6, 6.07) is 2.85. The smallest absolute Gasteiger partial charge is 0.371 e. The number of carboxylic acids is 1. The van der Waals surface area contributed by atoms with Gasteiger partial charge in [0.2, 0.25) is 5.76 Å². The maximum absolute atomic E-state index is 11.9. The van der Waals surface area contributed by atoms with Crippen molar-refractivity contribution >= 4 is 23.4 Å². The van der Waals surface area contributed by atoms with Gasteiger partial charge in [-0.1, -0.05) is 11.4 Å². The van der Waals surface area contributed by atoms with Crippen LogP contribution in [0.3, 0.4) is 0 Å². The van der Waals surface area contributed by atoms with E-state index in [2.05, 4.69) is 14.9 Å². The van der Waals surface area contributed by atoms with Gasteiger partial charge in [-0.15, -0.1) is 5.10 Å². The fourth-order valence-electron chi connectivity index (χ4n) is 1.45. The van der Waals surface area contributed by atoms with Crippen molar-refractivity contribution in [3.05, 3.63) is 34.2 Å². The number of aromatic nitrogens is 2. The number of carbonyl (C=O) groups is 2. The van der Waals surface area contributed by atoms with Crippen LogP contribution in [0.15, 0.2) is 16.5 Å². The lowest BCUT2D eigenvalue weighted by molar-refractivity contribution is 0.0660. The molecule has 100 valence electrons. The summed E-state index contributed by atoms with van der Waals surface area (Å²) >= 11 is 1.03. The Morgan fingerprint density at radius 3 is 2.89 bits per heavy atom. The molecule has 0 radical (unpaired) electrons. The van der Waals surface area contributed by atoms with Crippen LogP contribution in [0.4, 0.5) is 0 Å². The van der Waals surface area contributed by atoms with Crippen LogP contribution in [0.2, 0.25) is 0 Å². The van der Waals surface area contributed by atoms with E-state index in [0.29, 0.717) is 22.8 Å². The molecule has 0 saturated heterocycles. The molecule has 2 N–H and O–H groups in total. The van der Waals surface area contributed by atoms with Crippen LogP contribution in [-0.4, -0.2) is 26.6 Å². The van der Waals surface area contributed by atoms with E-state index in [9.17, 15) is 9.59 Å². The van der Waals surface area contributed by atoms with Crippen LogP contribution in [0.1, 0.15) is 38.6 Å². The van der Waals surface area contributed by atoms with Crippen molar-refractivity contribution in [1.82, 2.24) is 14.9 Å². The molecule has 0 spiro atoms. The number of hydrogen-bond donors (Lipinski definition) is 2. The van der Waals surface area contributed by atoms with Gasteiger partial charge in [-0.3, -0.25) is 4.79 Å². The Morgan fingerprint density at radius 2 is 2.26 bits per heavy atom. The number of carboxylic acid groups (broad SMARTS) is 1. The van der Waals surface area contributed by atoms with Gasteiger partial charge in [0.1, 0.15) is 10.6 Å². The third-order valence-electron chi connectivity index (χ3n) is 2.39. The van der Waals surface area contributed by atoms with E-state index in [1.165, 1.54) is 12.1 Å². The largest absolute Gasteiger partial charge is 0.475 e. The Kier molecular flexibility index (Phi) is 3.91. The molecule has 0 bridgehead atoms. The number of aromatic carboxylic acids is 1. The van der Waals surface area contributed by atoms with Crippen LogP contribution in [0, 0.1) is 0 Å². The van der Waals surface area contributed by atoms with Crippen LogP contribution in [0.5, 0.6) is 0 Å². The Hall–Kier alpha value is -2.22. The maximum Gasteiger partial charge on any atom is 0.371 e. The summed E-state index contributed by atoms with van der Waals surface area (Å²) in [7, 11) is 0. The average molecular weight is 281 g/mol. The first kappa shape index (κ1) is 13.2. The molecule has 7 nitrogen and oxygen atoms in total. The summed E-state index contributed by atoms with van der Waals surface area (Å²) in [6.45, 7) is 2.01. The summed E-state index contributed by atoms with van der Waals surface area (Å²) in [5.41, 5.74) is 0.646. The summed E-state index contributed by atoms with van der Waals surface area (Å²) in [4.78, 5) is 23.0. The van der Waals surface area contributed by atoms with E-state index in [0.717, 1.165) is 11.5 Å². The van der Waals surface area contributed by atoms with Gasteiger partial charge in [0, 0.05) is 0 Å². The van der Waals surface area contributed by atoms with Crippen LogP contribution >= 0.6 is 11.5 Å². The monoisotopic (exact) mass is 281 g/mol. The van der Waals surface area contributed by atoms with Crippen molar-refractivity contribution in [3.63, 3.8) is 0 Å². The van der Waals surface area contributed by atoms with Gasteiger partial charge < -0.3 is 14.8 Å². The quantitative estimate of drug-likeness (QED) is 0.856. The fraction of sp³-hybridized carbons (Fsp3) is 0.273. The van der Waals surface area contributed by atoms with Gasteiger partial charge in [0.15, 0.2) is 0 Å². The first-order valence-corrected chi connectivity index (χ1v) is 6.30. The maximum atomic E-state index is 11.9. The van der Waals surface area contributed by atoms with Crippen LogP contribution < -0.4 is 5.32 Å². The number of furan rings is 1. The number of nitrogens with one attached hydrogen (secondary N) is 1. The summed E-state index contributed by atoms with van der Waals surface area (Å²) < 4.78 is 8.75. The molecule has 0 fully saturated rings. The van der Waals surface area contributed by atoms with Crippen molar-refractivity contribution in [1.29, 1.82) is 0 Å². The van der Waals surface area contributed by atoms with Crippen molar-refractivity contribution in [2.24, 2.45) is 0 Å². The third kappa shape index (κ3) is 2.97. The van der Waals surface area contributed by atoms with E-state index < -0.39 is 5.97 Å². The zero-order valence-electron chi connectivity index (χ0n) is 10.0. The predicted molar refractivity (Wildman–Crippen MR) is 66.1 cm³/mol. The second kappa shape index (κ2) is 5.61. The zero-order valence-corrected chi connectivity index (χ0v) is 10.9. The zero-order chi connectivity index (χ0) is 13.8. The second-order valence-corrected chi connectivity index (χ2v) is 4.41. The predicted octanol–water partition coefficient (Wildman–Crippen LogP) is 1.32. The summed E-state index contributed by atoms with van der Waals surface area (Å²) in [5, 5.41) is 15.2. The highest BCUT2D eigenvalue weighted by atomic mass is 32.1. The Labute approximate surface area is 112 Å². The highest BCUT2D eigenvalue weighted by Crippen LogP contribution is 2.12. The number of aryl methyl sites for hydroxylation is 1. The van der Waals surface area contributed by atoms with Gasteiger partial charge in [0.05, 0.1) is 12.2 Å². The average Bonchev–Trinajstić information content (AvgIpc) is 3.04. The Balaban J connectivity index is 1.98. The molecule has 0 aliphatic heterocycles.